The fraction of sp³-hybridized carbons (Fsp3) is 0.353. The number of aryl methyl sites for hydroxylation is 13. The van der Waals surface area contributed by atoms with E-state index in [4.69, 9.17) is 24.7 Å². The normalized spacial score (nSPS) is 18.3. The molecule has 0 aliphatic heterocycles. The van der Waals surface area contributed by atoms with Gasteiger partial charge < -0.3 is 0 Å². The molecule has 6 rings (SSSR count). The molecular weight excluding hydrogens is 655 g/mol. The van der Waals surface area contributed by atoms with Gasteiger partial charge in [0.05, 0.1) is 0 Å². The molecule has 1 atom stereocenters. The zero-order valence-electron chi connectivity index (χ0n) is 51.5. The van der Waals surface area contributed by atoms with E-state index >= 15 is 0 Å². The largest absolute Gasteiger partial charge is 0.215 e. The van der Waals surface area contributed by atoms with E-state index in [1.165, 1.54) is 24.1 Å². The smallest absolute Gasteiger partial charge is 0.201 e. The summed E-state index contributed by atoms with van der Waals surface area (Å²) in [5, 5.41) is 0. The van der Waals surface area contributed by atoms with Crippen LogP contribution in [0.15, 0.2) is 91.4 Å². The van der Waals surface area contributed by atoms with Crippen molar-refractivity contribution in [3.8, 4) is 33.8 Å². The summed E-state index contributed by atoms with van der Waals surface area (Å²) in [5.41, 5.74) is 13.6. The van der Waals surface area contributed by atoms with Gasteiger partial charge >= 0.3 is 0 Å². The molecule has 1 unspecified atom stereocenters. The molecule has 0 fully saturated rings. The Morgan fingerprint density at radius 1 is 0.556 bits per heavy atom. The zero-order chi connectivity index (χ0) is 55.2. The molecule has 0 saturated heterocycles. The van der Waals surface area contributed by atoms with Crippen molar-refractivity contribution in [3.05, 3.63) is 158 Å². The maximum absolute atomic E-state index is 8.24. The first-order chi connectivity index (χ1) is 32.5. The van der Waals surface area contributed by atoms with Gasteiger partial charge in [0.1, 0.15) is 21.1 Å². The molecule has 0 aliphatic rings. The van der Waals surface area contributed by atoms with Crippen LogP contribution in [0.1, 0.15) is 118 Å². The van der Waals surface area contributed by atoms with Crippen LogP contribution in [0, 0.1) is 69.0 Å². The number of aromatic nitrogens is 3. The number of hydrogen-bond donors (Lipinski definition) is 0. The van der Waals surface area contributed by atoms with Gasteiger partial charge in [-0.3, -0.25) is 0 Å². The summed E-state index contributed by atoms with van der Waals surface area (Å²) in [5.74, 6) is -1.70. The third-order valence-corrected chi connectivity index (χ3v) is 9.73. The molecule has 3 nitrogen and oxygen atoms in total. The SMILES string of the molecule is [2H]C([2H])([2H])c1cc(C)c(-c2ccc(C([2H])(C)C([2H])([2H])[2H])cc2C)[n+](C)c1.[2H]C([2H])([2H])c1cc(C)c(-c2ccc(C([2H])([2H])C([2H])([2H])[2H])cc2C)[n+](C)c1.[2H]C([2H])([2H])c1ccc(-c2c(C)c(C)cc[n+]2C)c(C)c1. The Morgan fingerprint density at radius 3 is 1.57 bits per heavy atom. The van der Waals surface area contributed by atoms with Crippen LogP contribution in [0.5, 0.6) is 0 Å². The molecular formula is C51H66N3+3. The third-order valence-electron chi connectivity index (χ3n) is 9.73. The van der Waals surface area contributed by atoms with Crippen molar-refractivity contribution in [2.45, 2.75) is 102 Å². The number of nitrogens with zero attached hydrogens (tertiary/aromatic N) is 3. The Bertz CT molecular complexity index is 2770. The molecule has 0 spiro atoms. The van der Waals surface area contributed by atoms with Gasteiger partial charge in [0, 0.05) is 75.2 Å². The Hall–Kier alpha value is -4.89. The molecule has 3 aromatic carbocycles. The van der Waals surface area contributed by atoms with Gasteiger partial charge in [0.2, 0.25) is 17.1 Å². The van der Waals surface area contributed by atoms with Gasteiger partial charge in [0.25, 0.3) is 0 Å². The highest BCUT2D eigenvalue weighted by Gasteiger charge is 2.19. The molecule has 3 heterocycles. The average Bonchev–Trinajstić information content (AvgIpc) is 3.22. The van der Waals surface area contributed by atoms with E-state index in [0.717, 1.165) is 61.6 Å². The highest BCUT2D eigenvalue weighted by atomic mass is 14.9. The lowest BCUT2D eigenvalue weighted by Gasteiger charge is -2.11. The predicted molar refractivity (Wildman–Crippen MR) is 230 cm³/mol. The lowest BCUT2D eigenvalue weighted by atomic mass is 9.94. The van der Waals surface area contributed by atoms with Crippen LogP contribution in [-0.2, 0) is 27.5 Å². The average molecular weight is 739 g/mol. The lowest BCUT2D eigenvalue weighted by molar-refractivity contribution is -0.661. The van der Waals surface area contributed by atoms with Gasteiger partial charge in [-0.2, -0.15) is 0 Å². The van der Waals surface area contributed by atoms with Crippen LogP contribution >= 0.6 is 0 Å². The van der Waals surface area contributed by atoms with Crippen LogP contribution in [0.4, 0.5) is 0 Å². The molecule has 0 N–H and O–H groups in total. The number of rotatable bonds is 5. The Kier molecular flexibility index (Phi) is 7.69. The summed E-state index contributed by atoms with van der Waals surface area (Å²) in [6.07, 6.45) is 2.75. The molecule has 0 amide bonds. The minimum absolute atomic E-state index is 0.0955. The summed E-state index contributed by atoms with van der Waals surface area (Å²) in [6, 6.07) is 20.7. The minimum Gasteiger partial charge on any atom is -0.201 e. The lowest BCUT2D eigenvalue weighted by Crippen LogP contribution is -2.32. The van der Waals surface area contributed by atoms with Crippen LogP contribution in [0.2, 0.25) is 0 Å². The van der Waals surface area contributed by atoms with E-state index in [9.17, 15) is 0 Å². The highest BCUT2D eigenvalue weighted by Crippen LogP contribution is 2.28. The van der Waals surface area contributed by atoms with E-state index in [0.29, 0.717) is 11.1 Å². The first-order valence-corrected chi connectivity index (χ1v) is 17.9. The summed E-state index contributed by atoms with van der Waals surface area (Å²) >= 11 is 0. The van der Waals surface area contributed by atoms with E-state index in [1.807, 2.05) is 47.0 Å². The summed E-state index contributed by atoms with van der Waals surface area (Å²) in [4.78, 5) is 0. The standard InChI is InChI=1S/C18H24N.C17H22N.C16H20N/c1-12(2)16-7-8-17(14(4)10-16)18-15(5)9-13(3)11-19(18)6;1-6-15-7-8-16(13(3)10-15)17-14(4)9-12(2)11-18(17)5;1-11-6-7-15(13(3)10-11)16-14(4)12(2)8-9-17(16)5/h7-12H,1-6H3;7-11H,6H2,1-5H3;6-10H,1-5H3/q3*+1/i1D3,3D3,12D;1D3,2D3,6D2;1D3. The molecule has 6 aromatic rings. The zero-order valence-corrected chi connectivity index (χ0v) is 33.5. The molecule has 282 valence electrons. The second kappa shape index (κ2) is 18.0. The van der Waals surface area contributed by atoms with Crippen molar-refractivity contribution < 1.29 is 38.4 Å². The summed E-state index contributed by atoms with van der Waals surface area (Å²) in [7, 11) is 5.56. The van der Waals surface area contributed by atoms with Crippen LogP contribution in [0.25, 0.3) is 33.8 Å². The summed E-state index contributed by atoms with van der Waals surface area (Å²) in [6.45, 7) is 3.26. The second-order valence-corrected chi connectivity index (χ2v) is 14.2. The third kappa shape index (κ3) is 9.80. The number of benzene rings is 3. The molecule has 0 bridgehead atoms. The molecule has 54 heavy (non-hydrogen) atoms. The van der Waals surface area contributed by atoms with Gasteiger partial charge in [-0.25, -0.2) is 13.7 Å². The van der Waals surface area contributed by atoms with E-state index in [1.54, 1.807) is 97.1 Å². The Labute approximate surface area is 353 Å². The monoisotopic (exact) mass is 739 g/mol. The fourth-order valence-electron chi connectivity index (χ4n) is 6.95. The van der Waals surface area contributed by atoms with E-state index in [2.05, 4.69) is 24.5 Å². The Balaban J connectivity index is 0.000000237. The fourth-order valence-corrected chi connectivity index (χ4v) is 6.95. The molecule has 0 radical (unpaired) electrons. The molecule has 0 saturated carbocycles. The van der Waals surface area contributed by atoms with Crippen LogP contribution < -0.4 is 13.7 Å². The highest BCUT2D eigenvalue weighted by molar-refractivity contribution is 5.67. The summed E-state index contributed by atoms with van der Waals surface area (Å²) < 4.78 is 143. The molecule has 0 aliphatic carbocycles. The van der Waals surface area contributed by atoms with Crippen molar-refractivity contribution in [1.29, 1.82) is 0 Å². The van der Waals surface area contributed by atoms with Crippen LogP contribution in [0.3, 0.4) is 0 Å². The minimum atomic E-state index is -2.76. The van der Waals surface area contributed by atoms with Gasteiger partial charge in [-0.15, -0.1) is 0 Å². The van der Waals surface area contributed by atoms with Crippen molar-refractivity contribution in [2.75, 3.05) is 0 Å². The first-order valence-electron chi connectivity index (χ1n) is 26.9. The number of pyridine rings is 3. The second-order valence-electron chi connectivity index (χ2n) is 14.2. The maximum Gasteiger partial charge on any atom is 0.215 e. The predicted octanol–water partition coefficient (Wildman–Crippen LogP) is 11.3. The van der Waals surface area contributed by atoms with Gasteiger partial charge in [-0.1, -0.05) is 62.6 Å². The topological polar surface area (TPSA) is 11.6 Å². The van der Waals surface area contributed by atoms with Crippen molar-refractivity contribution in [3.63, 3.8) is 0 Å². The van der Waals surface area contributed by atoms with Gasteiger partial charge in [0.15, 0.2) is 18.6 Å². The first kappa shape index (κ1) is 23.1. The number of hydrogen-bond acceptors (Lipinski definition) is 0. The van der Waals surface area contributed by atoms with Gasteiger partial charge in [-0.05, 0) is 145 Å². The van der Waals surface area contributed by atoms with Crippen molar-refractivity contribution >= 4 is 0 Å². The van der Waals surface area contributed by atoms with Crippen molar-refractivity contribution in [2.24, 2.45) is 21.1 Å². The van der Waals surface area contributed by atoms with Crippen molar-refractivity contribution in [1.82, 2.24) is 0 Å². The Morgan fingerprint density at radius 2 is 1.07 bits per heavy atom. The molecule has 3 aromatic heterocycles. The van der Waals surface area contributed by atoms with E-state index < -0.39 is 46.5 Å². The van der Waals surface area contributed by atoms with Crippen LogP contribution in [-0.4, -0.2) is 0 Å². The van der Waals surface area contributed by atoms with E-state index in [-0.39, 0.29) is 16.7 Å². The maximum atomic E-state index is 8.24. The molecule has 3 heteroatoms. The quantitative estimate of drug-likeness (QED) is 0.156.